The van der Waals surface area contributed by atoms with Crippen LogP contribution >= 0.6 is 0 Å². The minimum atomic E-state index is -3.54. The fraction of sp³-hybridized carbons (Fsp3) is 0.462. The van der Waals surface area contributed by atoms with Crippen LogP contribution in [0.1, 0.15) is 12.0 Å². The lowest BCUT2D eigenvalue weighted by Gasteiger charge is -2.13. The van der Waals surface area contributed by atoms with Crippen molar-refractivity contribution < 1.29 is 18.3 Å². The van der Waals surface area contributed by atoms with Crippen molar-refractivity contribution in [1.29, 1.82) is 0 Å². The highest BCUT2D eigenvalue weighted by atomic mass is 32.2. The van der Waals surface area contributed by atoms with Crippen molar-refractivity contribution in [2.75, 3.05) is 20.1 Å². The topological polar surface area (TPSA) is 86.7 Å². The van der Waals surface area contributed by atoms with E-state index in [9.17, 15) is 13.2 Å². The van der Waals surface area contributed by atoms with Crippen LogP contribution in [-0.2, 0) is 21.2 Å². The van der Waals surface area contributed by atoms with Crippen LogP contribution in [-0.4, -0.2) is 50.6 Å². The predicted molar refractivity (Wildman–Crippen MR) is 74.0 cm³/mol. The maximum absolute atomic E-state index is 12.2. The Morgan fingerprint density at radius 1 is 1.40 bits per heavy atom. The lowest BCUT2D eigenvalue weighted by Crippen LogP contribution is -2.36. The summed E-state index contributed by atoms with van der Waals surface area (Å²) in [5.41, 5.74) is 0.581. The van der Waals surface area contributed by atoms with E-state index in [2.05, 4.69) is 9.62 Å². The number of likely N-dealkylation sites (tertiary alicyclic amines) is 1. The number of carboxylic acid groups (broad SMARTS) is 1. The van der Waals surface area contributed by atoms with Gasteiger partial charge in [0, 0.05) is 12.6 Å². The Morgan fingerprint density at radius 3 is 2.55 bits per heavy atom. The van der Waals surface area contributed by atoms with E-state index >= 15 is 0 Å². The van der Waals surface area contributed by atoms with Gasteiger partial charge in [0.2, 0.25) is 10.0 Å². The summed E-state index contributed by atoms with van der Waals surface area (Å²) in [6, 6.07) is 5.88. The van der Waals surface area contributed by atoms with Crippen molar-refractivity contribution in [2.24, 2.45) is 0 Å². The third-order valence-corrected chi connectivity index (χ3v) is 4.84. The van der Waals surface area contributed by atoms with Crippen LogP contribution in [0.15, 0.2) is 29.2 Å². The number of rotatable bonds is 5. The molecular formula is C13H18N2O4S. The Balaban J connectivity index is 2.07. The van der Waals surface area contributed by atoms with Gasteiger partial charge in [-0.1, -0.05) is 12.1 Å². The number of hydrogen-bond donors (Lipinski definition) is 2. The van der Waals surface area contributed by atoms with E-state index in [-0.39, 0.29) is 17.4 Å². The van der Waals surface area contributed by atoms with Gasteiger partial charge in [0.1, 0.15) is 0 Å². The lowest BCUT2D eigenvalue weighted by atomic mass is 10.2. The van der Waals surface area contributed by atoms with Gasteiger partial charge in [-0.25, -0.2) is 13.1 Å². The molecule has 0 aliphatic carbocycles. The molecular weight excluding hydrogens is 280 g/mol. The molecule has 1 aromatic carbocycles. The Hall–Kier alpha value is -1.44. The van der Waals surface area contributed by atoms with Gasteiger partial charge in [-0.05, 0) is 37.7 Å². The largest absolute Gasteiger partial charge is 0.481 e. The molecule has 7 heteroatoms. The van der Waals surface area contributed by atoms with Crippen molar-refractivity contribution in [3.05, 3.63) is 29.8 Å². The Kier molecular flexibility index (Phi) is 4.42. The summed E-state index contributed by atoms with van der Waals surface area (Å²) >= 11 is 0. The summed E-state index contributed by atoms with van der Waals surface area (Å²) in [6.45, 7) is 1.58. The van der Waals surface area contributed by atoms with Crippen LogP contribution < -0.4 is 4.72 Å². The van der Waals surface area contributed by atoms with Crippen LogP contribution in [0, 0.1) is 0 Å². The first kappa shape index (κ1) is 15.0. The molecule has 0 amide bonds. The van der Waals surface area contributed by atoms with E-state index < -0.39 is 16.0 Å². The quantitative estimate of drug-likeness (QED) is 0.816. The monoisotopic (exact) mass is 298 g/mol. The molecule has 1 aromatic rings. The number of likely N-dealkylation sites (N-methyl/N-ethyl adjacent to an activating group) is 1. The van der Waals surface area contributed by atoms with Gasteiger partial charge in [-0.3, -0.25) is 4.79 Å². The Labute approximate surface area is 118 Å². The number of carbonyl (C=O) groups is 1. The highest BCUT2D eigenvalue weighted by molar-refractivity contribution is 7.89. The molecule has 2 rings (SSSR count). The number of benzene rings is 1. The summed E-state index contributed by atoms with van der Waals surface area (Å²) < 4.78 is 27.0. The summed E-state index contributed by atoms with van der Waals surface area (Å²) in [5.74, 6) is -0.937. The minimum absolute atomic E-state index is 0.0660. The van der Waals surface area contributed by atoms with E-state index in [0.717, 1.165) is 13.0 Å². The standard InChI is InChI=1S/C13H18N2O4S/c1-15-7-6-11(9-15)14-20(18,19)12-4-2-10(3-5-12)8-13(16)17/h2-5,11,14H,6-9H2,1H3,(H,16,17). The Bertz CT molecular complexity index is 583. The van der Waals surface area contributed by atoms with E-state index in [4.69, 9.17) is 5.11 Å². The molecule has 0 aromatic heterocycles. The second-order valence-electron chi connectivity index (χ2n) is 5.08. The van der Waals surface area contributed by atoms with Crippen LogP contribution in [0.3, 0.4) is 0 Å². The summed E-state index contributed by atoms with van der Waals surface area (Å²) in [4.78, 5) is 12.8. The fourth-order valence-corrected chi connectivity index (χ4v) is 3.54. The van der Waals surface area contributed by atoms with E-state index in [1.54, 1.807) is 0 Å². The lowest BCUT2D eigenvalue weighted by molar-refractivity contribution is -0.136. The molecule has 0 spiro atoms. The van der Waals surface area contributed by atoms with Crippen molar-refractivity contribution >= 4 is 16.0 Å². The minimum Gasteiger partial charge on any atom is -0.481 e. The molecule has 110 valence electrons. The molecule has 2 N–H and O–H groups in total. The smallest absolute Gasteiger partial charge is 0.307 e. The van der Waals surface area contributed by atoms with Gasteiger partial charge in [0.25, 0.3) is 0 Å². The molecule has 0 radical (unpaired) electrons. The second-order valence-corrected chi connectivity index (χ2v) is 6.80. The van der Waals surface area contributed by atoms with Crippen molar-refractivity contribution in [3.63, 3.8) is 0 Å². The molecule has 1 heterocycles. The maximum atomic E-state index is 12.2. The normalized spacial score (nSPS) is 20.1. The third-order valence-electron chi connectivity index (χ3n) is 3.30. The van der Waals surface area contributed by atoms with Gasteiger partial charge in [-0.2, -0.15) is 0 Å². The first-order valence-electron chi connectivity index (χ1n) is 6.38. The molecule has 0 bridgehead atoms. The summed E-state index contributed by atoms with van der Waals surface area (Å²) in [7, 11) is -1.58. The Morgan fingerprint density at radius 2 is 2.05 bits per heavy atom. The summed E-state index contributed by atoms with van der Waals surface area (Å²) in [6.07, 6.45) is 0.688. The zero-order valence-electron chi connectivity index (χ0n) is 11.2. The van der Waals surface area contributed by atoms with E-state index in [1.165, 1.54) is 24.3 Å². The highest BCUT2D eigenvalue weighted by Gasteiger charge is 2.25. The number of nitrogens with zero attached hydrogens (tertiary/aromatic N) is 1. The van der Waals surface area contributed by atoms with Crippen LogP contribution in [0.5, 0.6) is 0 Å². The molecule has 20 heavy (non-hydrogen) atoms. The molecule has 1 fully saturated rings. The number of sulfonamides is 1. The van der Waals surface area contributed by atoms with Crippen molar-refractivity contribution in [1.82, 2.24) is 9.62 Å². The summed E-state index contributed by atoms with van der Waals surface area (Å²) in [5, 5.41) is 8.68. The molecule has 1 saturated heterocycles. The SMILES string of the molecule is CN1CCC(NS(=O)(=O)c2ccc(CC(=O)O)cc2)C1. The first-order valence-corrected chi connectivity index (χ1v) is 7.87. The predicted octanol–water partition coefficient (Wildman–Crippen LogP) is 0.296. The van der Waals surface area contributed by atoms with Crippen LogP contribution in [0.2, 0.25) is 0 Å². The van der Waals surface area contributed by atoms with Crippen molar-refractivity contribution in [3.8, 4) is 0 Å². The van der Waals surface area contributed by atoms with Crippen LogP contribution in [0.4, 0.5) is 0 Å². The molecule has 0 saturated carbocycles. The van der Waals surface area contributed by atoms with Gasteiger partial charge >= 0.3 is 5.97 Å². The number of hydrogen-bond acceptors (Lipinski definition) is 4. The number of aliphatic carboxylic acids is 1. The van der Waals surface area contributed by atoms with Gasteiger partial charge in [0.15, 0.2) is 0 Å². The molecule has 1 unspecified atom stereocenters. The molecule has 1 aliphatic rings. The third kappa shape index (κ3) is 3.78. The van der Waals surface area contributed by atoms with Crippen molar-refractivity contribution in [2.45, 2.75) is 23.8 Å². The molecule has 1 aliphatic heterocycles. The molecule has 6 nitrogen and oxygen atoms in total. The zero-order valence-corrected chi connectivity index (χ0v) is 12.1. The van der Waals surface area contributed by atoms with E-state index in [1.807, 2.05) is 7.05 Å². The number of nitrogens with one attached hydrogen (secondary N) is 1. The van der Waals surface area contributed by atoms with E-state index in [0.29, 0.717) is 12.1 Å². The van der Waals surface area contributed by atoms with Gasteiger partial charge in [-0.15, -0.1) is 0 Å². The van der Waals surface area contributed by atoms with Gasteiger partial charge in [0.05, 0.1) is 11.3 Å². The zero-order chi connectivity index (χ0) is 14.8. The highest BCUT2D eigenvalue weighted by Crippen LogP contribution is 2.14. The maximum Gasteiger partial charge on any atom is 0.307 e. The average Bonchev–Trinajstić information content (AvgIpc) is 2.74. The second kappa shape index (κ2) is 5.90. The van der Waals surface area contributed by atoms with Gasteiger partial charge < -0.3 is 10.0 Å². The molecule has 1 atom stereocenters. The average molecular weight is 298 g/mol. The van der Waals surface area contributed by atoms with Crippen LogP contribution in [0.25, 0.3) is 0 Å². The number of carboxylic acids is 1. The fourth-order valence-electron chi connectivity index (χ4n) is 2.28. The first-order chi connectivity index (χ1) is 9.37.